The highest BCUT2D eigenvalue weighted by Crippen LogP contribution is 2.18. The Morgan fingerprint density at radius 2 is 1.71 bits per heavy atom. The maximum atomic E-state index is 3.82. The van der Waals surface area contributed by atoms with E-state index < -0.39 is 0 Å². The minimum atomic E-state index is 0. The van der Waals surface area contributed by atoms with Crippen LogP contribution in [0.3, 0.4) is 0 Å². The van der Waals surface area contributed by atoms with Gasteiger partial charge in [0.05, 0.1) is 0 Å². The van der Waals surface area contributed by atoms with E-state index in [1.807, 2.05) is 12.3 Å². The lowest BCUT2D eigenvalue weighted by Gasteiger charge is -2.13. The molecule has 21 heavy (non-hydrogen) atoms. The first kappa shape index (κ1) is 20.7. The number of unbranched alkanes of at least 4 members (excludes halogenated alkanes) is 7. The van der Waals surface area contributed by atoms with Crippen LogP contribution in [0.1, 0.15) is 83.6 Å². The largest absolute Gasteiger partial charge is 1.00 e. The molecule has 0 aromatic carbocycles. The SMILES string of the molecule is C=CCCCC(CCCCCCCCC)[n+]1cc[nH]c1.[I-]. The van der Waals surface area contributed by atoms with E-state index in [0.29, 0.717) is 6.04 Å². The van der Waals surface area contributed by atoms with Crippen LogP contribution in [0.5, 0.6) is 0 Å². The summed E-state index contributed by atoms with van der Waals surface area (Å²) in [4.78, 5) is 3.17. The first-order valence-electron chi connectivity index (χ1n) is 8.53. The Morgan fingerprint density at radius 3 is 2.33 bits per heavy atom. The first-order chi connectivity index (χ1) is 9.88. The zero-order valence-electron chi connectivity index (χ0n) is 13.7. The summed E-state index contributed by atoms with van der Waals surface area (Å²) in [7, 11) is 0. The molecule has 0 fully saturated rings. The molecule has 0 aliphatic carbocycles. The van der Waals surface area contributed by atoms with E-state index >= 15 is 0 Å². The lowest BCUT2D eigenvalue weighted by molar-refractivity contribution is -0.723. The first-order valence-corrected chi connectivity index (χ1v) is 8.53. The summed E-state index contributed by atoms with van der Waals surface area (Å²) in [6.45, 7) is 6.10. The molecule has 1 aromatic heterocycles. The van der Waals surface area contributed by atoms with E-state index in [-0.39, 0.29) is 24.0 Å². The van der Waals surface area contributed by atoms with Crippen molar-refractivity contribution in [1.29, 1.82) is 0 Å². The molecule has 0 saturated carbocycles. The second-order valence-corrected chi connectivity index (χ2v) is 5.84. The van der Waals surface area contributed by atoms with Gasteiger partial charge in [-0.25, -0.2) is 4.57 Å². The summed E-state index contributed by atoms with van der Waals surface area (Å²) in [5, 5.41) is 0. The molecule has 122 valence electrons. The average Bonchev–Trinajstić information content (AvgIpc) is 2.98. The van der Waals surface area contributed by atoms with Gasteiger partial charge in [0, 0.05) is 0 Å². The molecule has 0 bridgehead atoms. The number of halogens is 1. The molecule has 1 N–H and O–H groups in total. The van der Waals surface area contributed by atoms with E-state index in [1.54, 1.807) is 0 Å². The monoisotopic (exact) mass is 404 g/mol. The van der Waals surface area contributed by atoms with Crippen molar-refractivity contribution in [3.8, 4) is 0 Å². The van der Waals surface area contributed by atoms with E-state index in [1.165, 1.54) is 64.2 Å². The summed E-state index contributed by atoms with van der Waals surface area (Å²) in [6.07, 6.45) is 23.1. The van der Waals surface area contributed by atoms with Gasteiger partial charge in [0.25, 0.3) is 0 Å². The maximum absolute atomic E-state index is 3.82. The van der Waals surface area contributed by atoms with E-state index in [9.17, 15) is 0 Å². The lowest BCUT2D eigenvalue weighted by atomic mass is 10.0. The van der Waals surface area contributed by atoms with Gasteiger partial charge in [0.2, 0.25) is 6.33 Å². The van der Waals surface area contributed by atoms with Crippen molar-refractivity contribution < 1.29 is 28.5 Å². The van der Waals surface area contributed by atoms with E-state index in [4.69, 9.17) is 0 Å². The number of aromatic nitrogens is 2. The molecule has 1 unspecified atom stereocenters. The molecule has 0 radical (unpaired) electrons. The number of aromatic amines is 1. The highest BCUT2D eigenvalue weighted by molar-refractivity contribution is 4.67. The molecule has 0 aliphatic heterocycles. The van der Waals surface area contributed by atoms with Crippen LogP contribution < -0.4 is 28.5 Å². The topological polar surface area (TPSA) is 19.7 Å². The second kappa shape index (κ2) is 14.6. The Kier molecular flexibility index (Phi) is 14.4. The van der Waals surface area contributed by atoms with Crippen LogP contribution >= 0.6 is 0 Å². The van der Waals surface area contributed by atoms with Crippen molar-refractivity contribution in [2.24, 2.45) is 0 Å². The fourth-order valence-corrected chi connectivity index (χ4v) is 2.81. The van der Waals surface area contributed by atoms with Crippen molar-refractivity contribution in [2.45, 2.75) is 83.6 Å². The molecule has 2 nitrogen and oxygen atoms in total. The number of imidazole rings is 1. The number of H-pyrrole nitrogens is 1. The van der Waals surface area contributed by atoms with Gasteiger partial charge in [-0.1, -0.05) is 51.5 Å². The highest BCUT2D eigenvalue weighted by atomic mass is 127. The number of rotatable bonds is 13. The highest BCUT2D eigenvalue weighted by Gasteiger charge is 2.14. The second-order valence-electron chi connectivity index (χ2n) is 5.84. The van der Waals surface area contributed by atoms with Crippen LogP contribution in [0, 0.1) is 0 Å². The molecule has 3 heteroatoms. The zero-order valence-corrected chi connectivity index (χ0v) is 15.9. The molecular weight excluding hydrogens is 371 g/mol. The molecule has 0 saturated heterocycles. The zero-order chi connectivity index (χ0) is 14.5. The van der Waals surface area contributed by atoms with Crippen molar-refractivity contribution in [3.63, 3.8) is 0 Å². The quantitative estimate of drug-likeness (QED) is 0.225. The van der Waals surface area contributed by atoms with Crippen molar-refractivity contribution in [1.82, 2.24) is 4.98 Å². The van der Waals surface area contributed by atoms with Gasteiger partial charge in [-0.3, -0.25) is 4.98 Å². The third-order valence-corrected chi connectivity index (χ3v) is 4.07. The molecule has 1 rings (SSSR count). The summed E-state index contributed by atoms with van der Waals surface area (Å²) in [5.41, 5.74) is 0. The number of allylic oxidation sites excluding steroid dienone is 1. The predicted octanol–water partition coefficient (Wildman–Crippen LogP) is 2.34. The Bertz CT molecular complexity index is 322. The average molecular weight is 404 g/mol. The fraction of sp³-hybridized carbons (Fsp3) is 0.722. The Labute approximate surface area is 148 Å². The number of nitrogens with one attached hydrogen (secondary N) is 1. The van der Waals surface area contributed by atoms with Gasteiger partial charge < -0.3 is 24.0 Å². The summed E-state index contributed by atoms with van der Waals surface area (Å²) in [6, 6.07) is 0.664. The predicted molar refractivity (Wildman–Crippen MR) is 86.7 cm³/mol. The van der Waals surface area contributed by atoms with Crippen molar-refractivity contribution in [3.05, 3.63) is 31.4 Å². The maximum Gasteiger partial charge on any atom is 0.241 e. The Balaban J connectivity index is 0.00000400. The minimum absolute atomic E-state index is 0. The molecule has 0 spiro atoms. The summed E-state index contributed by atoms with van der Waals surface area (Å²) in [5.74, 6) is 0. The van der Waals surface area contributed by atoms with Crippen LogP contribution in [0.25, 0.3) is 0 Å². The molecule has 1 aromatic rings. The lowest BCUT2D eigenvalue weighted by Crippen LogP contribution is -3.00. The third kappa shape index (κ3) is 10.1. The van der Waals surface area contributed by atoms with Crippen molar-refractivity contribution >= 4 is 0 Å². The normalized spacial score (nSPS) is 11.9. The Morgan fingerprint density at radius 1 is 1.05 bits per heavy atom. The molecule has 1 atom stereocenters. The molecule has 0 amide bonds. The molecule has 0 aliphatic rings. The van der Waals surface area contributed by atoms with E-state index in [2.05, 4.69) is 35.6 Å². The smallest absolute Gasteiger partial charge is 0.241 e. The minimum Gasteiger partial charge on any atom is -1.00 e. The van der Waals surface area contributed by atoms with Gasteiger partial charge in [0.1, 0.15) is 18.4 Å². The third-order valence-electron chi connectivity index (χ3n) is 4.07. The van der Waals surface area contributed by atoms with E-state index in [0.717, 1.165) is 6.42 Å². The van der Waals surface area contributed by atoms with Crippen LogP contribution in [-0.4, -0.2) is 4.98 Å². The van der Waals surface area contributed by atoms with Gasteiger partial charge in [-0.2, -0.15) is 0 Å². The fourth-order valence-electron chi connectivity index (χ4n) is 2.81. The van der Waals surface area contributed by atoms with Crippen LogP contribution in [0.4, 0.5) is 0 Å². The summed E-state index contributed by atoms with van der Waals surface area (Å²) >= 11 is 0. The van der Waals surface area contributed by atoms with Crippen LogP contribution in [-0.2, 0) is 0 Å². The standard InChI is InChI=1S/C18H32N2.HI/c1-3-5-7-8-9-10-12-14-18(13-11-6-4-2)20-16-15-19-17-20;/h4,15-18H,2-3,5-14H2,1H3;1H. The van der Waals surface area contributed by atoms with Crippen molar-refractivity contribution in [2.75, 3.05) is 0 Å². The molecular formula is C18H33IN2. The van der Waals surface area contributed by atoms with Gasteiger partial charge in [-0.05, 0) is 32.1 Å². The number of hydrogen-bond acceptors (Lipinski definition) is 0. The van der Waals surface area contributed by atoms with Gasteiger partial charge >= 0.3 is 0 Å². The Hall–Kier alpha value is -0.320. The number of nitrogens with zero attached hydrogens (tertiary/aromatic N) is 1. The molecule has 1 heterocycles. The van der Waals surface area contributed by atoms with Gasteiger partial charge in [-0.15, -0.1) is 6.58 Å². The number of hydrogen-bond donors (Lipinski definition) is 1. The van der Waals surface area contributed by atoms with Gasteiger partial charge in [0.15, 0.2) is 0 Å². The van der Waals surface area contributed by atoms with Crippen LogP contribution in [0.15, 0.2) is 31.4 Å². The summed E-state index contributed by atoms with van der Waals surface area (Å²) < 4.78 is 2.35. The van der Waals surface area contributed by atoms with Crippen LogP contribution in [0.2, 0.25) is 0 Å².